The summed E-state index contributed by atoms with van der Waals surface area (Å²) in [4.78, 5) is 0. The van der Waals surface area contributed by atoms with Crippen LogP contribution in [0.3, 0.4) is 0 Å². The van der Waals surface area contributed by atoms with Crippen molar-refractivity contribution in [1.82, 2.24) is 14.8 Å². The summed E-state index contributed by atoms with van der Waals surface area (Å²) in [7, 11) is 0. The molecule has 164 valence electrons. The molecule has 32 heavy (non-hydrogen) atoms. The molecule has 0 N–H and O–H groups in total. The van der Waals surface area contributed by atoms with E-state index in [0.717, 1.165) is 64.1 Å². The molecule has 0 unspecified atom stereocenters. The van der Waals surface area contributed by atoms with E-state index in [1.807, 2.05) is 36.4 Å². The van der Waals surface area contributed by atoms with E-state index in [0.29, 0.717) is 21.0 Å². The van der Waals surface area contributed by atoms with E-state index in [-0.39, 0.29) is 0 Å². The molecule has 5 rings (SSSR count). The second kappa shape index (κ2) is 9.16. The van der Waals surface area contributed by atoms with Crippen molar-refractivity contribution < 1.29 is 4.74 Å². The Kier molecular flexibility index (Phi) is 6.28. The quantitative estimate of drug-likeness (QED) is 0.284. The largest absolute Gasteiger partial charge is 0.381 e. The summed E-state index contributed by atoms with van der Waals surface area (Å²) in [6.07, 6.45) is 4.07. The predicted octanol–water partition coefficient (Wildman–Crippen LogP) is 7.83. The van der Waals surface area contributed by atoms with Crippen molar-refractivity contribution in [3.8, 4) is 27.5 Å². The molecule has 2 aromatic heterocycles. The molecule has 0 amide bonds. The lowest BCUT2D eigenvalue weighted by molar-refractivity contribution is 0.0851. The average Bonchev–Trinajstić information content (AvgIpc) is 3.40. The Morgan fingerprint density at radius 1 is 0.969 bits per heavy atom. The molecule has 0 bridgehead atoms. The van der Waals surface area contributed by atoms with Gasteiger partial charge in [0.15, 0.2) is 0 Å². The fourth-order valence-electron chi connectivity index (χ4n) is 4.10. The van der Waals surface area contributed by atoms with Gasteiger partial charge < -0.3 is 9.30 Å². The number of nitrogens with zero attached hydrogens (tertiary/aromatic N) is 3. The second-order valence-corrected chi connectivity index (χ2v) is 10.1. The number of hydrogen-bond donors (Lipinski definition) is 0. The molecule has 1 fully saturated rings. The van der Waals surface area contributed by atoms with Crippen LogP contribution in [0.25, 0.3) is 27.5 Å². The number of aromatic nitrogens is 3. The van der Waals surface area contributed by atoms with E-state index in [9.17, 15) is 0 Å². The monoisotopic (exact) mass is 503 g/mol. The summed E-state index contributed by atoms with van der Waals surface area (Å²) in [6, 6.07) is 13.4. The van der Waals surface area contributed by atoms with E-state index in [1.165, 1.54) is 0 Å². The van der Waals surface area contributed by atoms with Crippen LogP contribution in [-0.2, 0) is 4.74 Å². The van der Waals surface area contributed by atoms with Crippen LogP contribution in [0.2, 0.25) is 15.1 Å². The zero-order valence-corrected chi connectivity index (χ0v) is 20.4. The lowest BCUT2D eigenvalue weighted by Crippen LogP contribution is -2.13. The van der Waals surface area contributed by atoms with Crippen molar-refractivity contribution in [2.75, 3.05) is 13.2 Å². The Hall–Kier alpha value is -1.89. The minimum absolute atomic E-state index is 0.416. The standard InChI is InChI=1S/C24H20Cl3N3OS/c1-14-19(24-29-28-23(32-24)16-8-10-31-11-9-16)13-30(21-7-6-18(26)12-20(21)27)22(14)15-2-4-17(25)5-3-15/h2-7,12-13,16H,8-11H2,1H3. The van der Waals surface area contributed by atoms with Gasteiger partial charge in [-0.05, 0) is 61.2 Å². The SMILES string of the molecule is Cc1c(-c2nnc(C3CCOCC3)s2)cn(-c2ccc(Cl)cc2Cl)c1-c1ccc(Cl)cc1. The highest BCUT2D eigenvalue weighted by Gasteiger charge is 2.24. The molecule has 1 aliphatic rings. The van der Waals surface area contributed by atoms with Gasteiger partial charge in [-0.1, -0.05) is 58.3 Å². The normalized spacial score (nSPS) is 14.8. The predicted molar refractivity (Wildman–Crippen MR) is 133 cm³/mol. The first-order chi connectivity index (χ1) is 15.5. The molecular weight excluding hydrogens is 485 g/mol. The van der Waals surface area contributed by atoms with Gasteiger partial charge in [0.1, 0.15) is 10.0 Å². The molecule has 0 saturated carbocycles. The van der Waals surface area contributed by atoms with Crippen LogP contribution in [0, 0.1) is 6.92 Å². The maximum absolute atomic E-state index is 6.60. The van der Waals surface area contributed by atoms with Gasteiger partial charge in [0.05, 0.1) is 16.4 Å². The fraction of sp³-hybridized carbons (Fsp3) is 0.250. The summed E-state index contributed by atoms with van der Waals surface area (Å²) in [6.45, 7) is 3.67. The van der Waals surface area contributed by atoms with Gasteiger partial charge in [-0.25, -0.2) is 0 Å². The van der Waals surface area contributed by atoms with Gasteiger partial charge in [0.2, 0.25) is 0 Å². The van der Waals surface area contributed by atoms with E-state index in [4.69, 9.17) is 39.5 Å². The first-order valence-corrected chi connectivity index (χ1v) is 12.3. The minimum atomic E-state index is 0.416. The van der Waals surface area contributed by atoms with Gasteiger partial charge in [0.25, 0.3) is 0 Å². The van der Waals surface area contributed by atoms with E-state index in [2.05, 4.69) is 27.9 Å². The van der Waals surface area contributed by atoms with Crippen LogP contribution in [0.4, 0.5) is 0 Å². The van der Waals surface area contributed by atoms with Crippen molar-refractivity contribution in [3.63, 3.8) is 0 Å². The molecular formula is C24H20Cl3N3OS. The summed E-state index contributed by atoms with van der Waals surface area (Å²) in [5.74, 6) is 0.416. The minimum Gasteiger partial charge on any atom is -0.381 e. The third-order valence-corrected chi connectivity index (χ3v) is 7.70. The molecule has 0 radical (unpaired) electrons. The average molecular weight is 505 g/mol. The summed E-state index contributed by atoms with van der Waals surface area (Å²) in [5, 5.41) is 12.9. The molecule has 1 saturated heterocycles. The van der Waals surface area contributed by atoms with Crippen LogP contribution in [0.1, 0.15) is 29.3 Å². The van der Waals surface area contributed by atoms with E-state index >= 15 is 0 Å². The Morgan fingerprint density at radius 3 is 2.41 bits per heavy atom. The first kappa shape index (κ1) is 21.9. The molecule has 4 aromatic rings. The van der Waals surface area contributed by atoms with Gasteiger partial charge in [-0.15, -0.1) is 10.2 Å². The zero-order chi connectivity index (χ0) is 22.2. The van der Waals surface area contributed by atoms with Crippen LogP contribution < -0.4 is 0 Å². The second-order valence-electron chi connectivity index (χ2n) is 7.82. The zero-order valence-electron chi connectivity index (χ0n) is 17.3. The summed E-state index contributed by atoms with van der Waals surface area (Å²) in [5.41, 5.74) is 5.07. The van der Waals surface area contributed by atoms with E-state index < -0.39 is 0 Å². The lowest BCUT2D eigenvalue weighted by Gasteiger charge is -2.18. The molecule has 8 heteroatoms. The highest BCUT2D eigenvalue weighted by atomic mass is 35.5. The molecule has 2 aromatic carbocycles. The third-order valence-electron chi connectivity index (χ3n) is 5.79. The lowest BCUT2D eigenvalue weighted by atomic mass is 10.0. The van der Waals surface area contributed by atoms with Crippen LogP contribution in [0.5, 0.6) is 0 Å². The Bertz CT molecular complexity index is 1260. The first-order valence-electron chi connectivity index (χ1n) is 10.4. The molecule has 0 spiro atoms. The van der Waals surface area contributed by atoms with Crippen molar-refractivity contribution >= 4 is 46.1 Å². The van der Waals surface area contributed by atoms with Crippen molar-refractivity contribution in [1.29, 1.82) is 0 Å². The molecule has 0 aliphatic carbocycles. The summed E-state index contributed by atoms with van der Waals surface area (Å²) >= 11 is 20.6. The highest BCUT2D eigenvalue weighted by Crippen LogP contribution is 2.40. The number of hydrogen-bond acceptors (Lipinski definition) is 4. The van der Waals surface area contributed by atoms with E-state index in [1.54, 1.807) is 17.4 Å². The Morgan fingerprint density at radius 2 is 1.69 bits per heavy atom. The van der Waals surface area contributed by atoms with Crippen LogP contribution >= 0.6 is 46.1 Å². The summed E-state index contributed by atoms with van der Waals surface area (Å²) < 4.78 is 7.60. The van der Waals surface area contributed by atoms with Crippen LogP contribution in [0.15, 0.2) is 48.7 Å². The van der Waals surface area contributed by atoms with Crippen LogP contribution in [-0.4, -0.2) is 28.0 Å². The number of benzene rings is 2. The van der Waals surface area contributed by atoms with Gasteiger partial charge in [0, 0.05) is 40.9 Å². The maximum atomic E-state index is 6.60. The van der Waals surface area contributed by atoms with Gasteiger partial charge in [-0.2, -0.15) is 0 Å². The molecule has 0 atom stereocenters. The maximum Gasteiger partial charge on any atom is 0.149 e. The van der Waals surface area contributed by atoms with Crippen molar-refractivity contribution in [2.45, 2.75) is 25.7 Å². The molecule has 3 heterocycles. The number of halogens is 3. The smallest absolute Gasteiger partial charge is 0.149 e. The molecule has 1 aliphatic heterocycles. The number of ether oxygens (including phenoxy) is 1. The van der Waals surface area contributed by atoms with Crippen molar-refractivity contribution in [3.05, 3.63) is 74.3 Å². The fourth-order valence-corrected chi connectivity index (χ4v) is 5.80. The van der Waals surface area contributed by atoms with Gasteiger partial charge >= 0.3 is 0 Å². The molecule has 4 nitrogen and oxygen atoms in total. The number of rotatable bonds is 4. The third kappa shape index (κ3) is 4.20. The van der Waals surface area contributed by atoms with Gasteiger partial charge in [-0.3, -0.25) is 0 Å². The Labute approximate surface area is 205 Å². The topological polar surface area (TPSA) is 39.9 Å². The van der Waals surface area contributed by atoms with Crippen molar-refractivity contribution in [2.24, 2.45) is 0 Å². The highest BCUT2D eigenvalue weighted by molar-refractivity contribution is 7.14. The Balaban J connectivity index is 1.64.